The highest BCUT2D eigenvalue weighted by atomic mass is 19.4. The van der Waals surface area contributed by atoms with Gasteiger partial charge in [-0.1, -0.05) is 0 Å². The quantitative estimate of drug-likeness (QED) is 0.856. The molecule has 0 aliphatic carbocycles. The maximum atomic E-state index is 12.0. The largest absolute Gasteiger partial charge is 0.455 e. The highest BCUT2D eigenvalue weighted by Crippen LogP contribution is 2.26. The molecule has 2 rings (SSSR count). The Kier molecular flexibility index (Phi) is 5.62. The molecule has 24 heavy (non-hydrogen) atoms. The molecule has 0 saturated heterocycles. The number of aromatic nitrogens is 1. The van der Waals surface area contributed by atoms with Crippen LogP contribution in [-0.4, -0.2) is 23.7 Å². The van der Waals surface area contributed by atoms with Crippen molar-refractivity contribution in [2.75, 3.05) is 11.9 Å². The average Bonchev–Trinajstić information content (AvgIpc) is 2.50. The van der Waals surface area contributed by atoms with Crippen molar-refractivity contribution in [2.45, 2.75) is 19.5 Å². The number of aryl methyl sites for hydroxylation is 1. The molecule has 0 atom stereocenters. The molecular formula is C16H16F3N3O2. The van der Waals surface area contributed by atoms with E-state index < -0.39 is 25.2 Å². The second-order valence-electron chi connectivity index (χ2n) is 5.02. The summed E-state index contributed by atoms with van der Waals surface area (Å²) in [5.41, 5.74) is 1.21. The number of rotatable bonds is 5. The van der Waals surface area contributed by atoms with Gasteiger partial charge in [-0.3, -0.25) is 4.98 Å². The van der Waals surface area contributed by atoms with E-state index >= 15 is 0 Å². The summed E-state index contributed by atoms with van der Waals surface area (Å²) in [5.74, 6) is 1.16. The van der Waals surface area contributed by atoms with E-state index in [-0.39, 0.29) is 0 Å². The summed E-state index contributed by atoms with van der Waals surface area (Å²) in [6.45, 7) is 1.31. The van der Waals surface area contributed by atoms with E-state index in [1.807, 2.05) is 0 Å². The lowest BCUT2D eigenvalue weighted by atomic mass is 10.2. The van der Waals surface area contributed by atoms with Crippen LogP contribution in [0.4, 0.5) is 23.7 Å². The van der Waals surface area contributed by atoms with Gasteiger partial charge in [0.2, 0.25) is 0 Å². The molecule has 5 nitrogen and oxygen atoms in total. The fourth-order valence-corrected chi connectivity index (χ4v) is 1.87. The minimum absolute atomic E-state index is 0.454. The smallest absolute Gasteiger partial charge is 0.390 e. The van der Waals surface area contributed by atoms with Gasteiger partial charge in [-0.2, -0.15) is 13.2 Å². The number of hydrogen-bond acceptors (Lipinski definition) is 3. The molecule has 2 amide bonds. The molecule has 1 heterocycles. The van der Waals surface area contributed by atoms with Crippen LogP contribution in [0.3, 0.4) is 0 Å². The second kappa shape index (κ2) is 7.67. The zero-order valence-corrected chi connectivity index (χ0v) is 12.9. The van der Waals surface area contributed by atoms with Crippen molar-refractivity contribution >= 4 is 11.7 Å². The van der Waals surface area contributed by atoms with Crippen LogP contribution < -0.4 is 15.4 Å². The number of nitrogens with one attached hydrogen (secondary N) is 2. The van der Waals surface area contributed by atoms with E-state index in [4.69, 9.17) is 4.74 Å². The van der Waals surface area contributed by atoms with Gasteiger partial charge < -0.3 is 15.4 Å². The third-order valence-electron chi connectivity index (χ3n) is 2.99. The van der Waals surface area contributed by atoms with Gasteiger partial charge in [0, 0.05) is 18.4 Å². The summed E-state index contributed by atoms with van der Waals surface area (Å²) in [6.07, 6.45) is -2.17. The fourth-order valence-electron chi connectivity index (χ4n) is 1.87. The third kappa shape index (κ3) is 5.79. The molecule has 0 bridgehead atoms. The summed E-state index contributed by atoms with van der Waals surface area (Å²) in [6, 6.07) is 7.73. The molecule has 0 unspecified atom stereocenters. The summed E-state index contributed by atoms with van der Waals surface area (Å²) in [4.78, 5) is 15.5. The number of amides is 2. The van der Waals surface area contributed by atoms with Gasteiger partial charge >= 0.3 is 12.2 Å². The highest BCUT2D eigenvalue weighted by Gasteiger charge is 2.26. The topological polar surface area (TPSA) is 63.2 Å². The van der Waals surface area contributed by atoms with Crippen molar-refractivity contribution in [3.63, 3.8) is 0 Å². The van der Waals surface area contributed by atoms with Crippen LogP contribution in [-0.2, 0) is 0 Å². The first-order valence-corrected chi connectivity index (χ1v) is 7.13. The van der Waals surface area contributed by atoms with Crippen LogP contribution in [0.2, 0.25) is 0 Å². The maximum absolute atomic E-state index is 12.0. The lowest BCUT2D eigenvalue weighted by molar-refractivity contribution is -0.132. The molecule has 0 spiro atoms. The second-order valence-corrected chi connectivity index (χ2v) is 5.02. The van der Waals surface area contributed by atoms with Crippen molar-refractivity contribution in [2.24, 2.45) is 0 Å². The van der Waals surface area contributed by atoms with Gasteiger partial charge in [-0.05, 0) is 42.8 Å². The first kappa shape index (κ1) is 17.6. The van der Waals surface area contributed by atoms with Gasteiger partial charge in [0.25, 0.3) is 0 Å². The Balaban J connectivity index is 1.91. The standard InChI is InChI=1S/C16H16F3N3O2/c1-11-9-12(22-15(23)21-8-6-16(17,18)19)4-5-14(11)24-13-3-2-7-20-10-13/h2-5,7,9-10H,6,8H2,1H3,(H2,21,22,23). The number of ether oxygens (including phenoxy) is 1. The molecule has 1 aromatic carbocycles. The van der Waals surface area contributed by atoms with E-state index in [1.165, 1.54) is 0 Å². The van der Waals surface area contributed by atoms with Crippen molar-refractivity contribution in [3.05, 3.63) is 48.3 Å². The molecule has 0 saturated carbocycles. The first-order chi connectivity index (χ1) is 11.3. The van der Waals surface area contributed by atoms with Crippen LogP contribution in [0.1, 0.15) is 12.0 Å². The number of carbonyl (C=O) groups is 1. The number of nitrogens with zero attached hydrogens (tertiary/aromatic N) is 1. The van der Waals surface area contributed by atoms with Crippen LogP contribution in [0.15, 0.2) is 42.7 Å². The number of pyridine rings is 1. The van der Waals surface area contributed by atoms with Crippen LogP contribution in [0.5, 0.6) is 11.5 Å². The number of urea groups is 1. The van der Waals surface area contributed by atoms with E-state index in [1.54, 1.807) is 49.6 Å². The van der Waals surface area contributed by atoms with Crippen LogP contribution in [0, 0.1) is 6.92 Å². The van der Waals surface area contributed by atoms with Crippen LogP contribution >= 0.6 is 0 Å². The number of hydrogen-bond donors (Lipinski definition) is 2. The summed E-state index contributed by atoms with van der Waals surface area (Å²) < 4.78 is 41.7. The Labute approximate surface area is 136 Å². The van der Waals surface area contributed by atoms with E-state index in [2.05, 4.69) is 15.6 Å². The van der Waals surface area contributed by atoms with Crippen LogP contribution in [0.25, 0.3) is 0 Å². The Hall–Kier alpha value is -2.77. The van der Waals surface area contributed by atoms with E-state index in [9.17, 15) is 18.0 Å². The fraction of sp³-hybridized carbons (Fsp3) is 0.250. The predicted octanol–water partition coefficient (Wildman–Crippen LogP) is 4.26. The molecule has 128 valence electrons. The van der Waals surface area contributed by atoms with Gasteiger partial charge in [0.05, 0.1) is 12.6 Å². The number of benzene rings is 1. The lowest BCUT2D eigenvalue weighted by Crippen LogP contribution is -2.31. The minimum Gasteiger partial charge on any atom is -0.455 e. The van der Waals surface area contributed by atoms with Gasteiger partial charge in [-0.25, -0.2) is 4.79 Å². The maximum Gasteiger partial charge on any atom is 0.390 e. The summed E-state index contributed by atoms with van der Waals surface area (Å²) in [7, 11) is 0. The van der Waals surface area contributed by atoms with Gasteiger partial charge in [-0.15, -0.1) is 0 Å². The Morgan fingerprint density at radius 1 is 1.29 bits per heavy atom. The van der Waals surface area contributed by atoms with Gasteiger partial charge in [0.15, 0.2) is 0 Å². The molecular weight excluding hydrogens is 323 g/mol. The Bertz CT molecular complexity index is 691. The lowest BCUT2D eigenvalue weighted by Gasteiger charge is -2.12. The SMILES string of the molecule is Cc1cc(NC(=O)NCCC(F)(F)F)ccc1Oc1cccnc1. The minimum atomic E-state index is -4.30. The van der Waals surface area contributed by atoms with Crippen molar-refractivity contribution < 1.29 is 22.7 Å². The summed E-state index contributed by atoms with van der Waals surface area (Å²) >= 11 is 0. The number of carbonyl (C=O) groups excluding carboxylic acids is 1. The Morgan fingerprint density at radius 3 is 2.71 bits per heavy atom. The van der Waals surface area contributed by atoms with Crippen molar-refractivity contribution in [3.8, 4) is 11.5 Å². The zero-order valence-electron chi connectivity index (χ0n) is 12.9. The monoisotopic (exact) mass is 339 g/mol. The molecule has 0 fully saturated rings. The molecule has 2 N–H and O–H groups in total. The molecule has 8 heteroatoms. The number of halogens is 3. The zero-order chi connectivity index (χ0) is 17.6. The average molecular weight is 339 g/mol. The van der Waals surface area contributed by atoms with Gasteiger partial charge in [0.1, 0.15) is 11.5 Å². The normalized spacial score (nSPS) is 11.0. The van der Waals surface area contributed by atoms with E-state index in [0.717, 1.165) is 5.56 Å². The van der Waals surface area contributed by atoms with Crippen molar-refractivity contribution in [1.29, 1.82) is 0 Å². The molecule has 0 radical (unpaired) electrons. The van der Waals surface area contributed by atoms with Crippen molar-refractivity contribution in [1.82, 2.24) is 10.3 Å². The number of alkyl halides is 3. The number of anilines is 1. The third-order valence-corrected chi connectivity index (χ3v) is 2.99. The molecule has 2 aromatic rings. The molecule has 0 aliphatic heterocycles. The highest BCUT2D eigenvalue weighted by molar-refractivity contribution is 5.89. The molecule has 1 aromatic heterocycles. The molecule has 0 aliphatic rings. The summed E-state index contributed by atoms with van der Waals surface area (Å²) in [5, 5.41) is 4.63. The Morgan fingerprint density at radius 2 is 2.08 bits per heavy atom. The van der Waals surface area contributed by atoms with E-state index in [0.29, 0.717) is 17.2 Å². The predicted molar refractivity (Wildman–Crippen MR) is 83.2 cm³/mol. The first-order valence-electron chi connectivity index (χ1n) is 7.13.